The number of halogens is 3. The lowest BCUT2D eigenvalue weighted by atomic mass is 10.1. The van der Waals surface area contributed by atoms with E-state index in [0.29, 0.717) is 11.5 Å². The first-order valence-corrected chi connectivity index (χ1v) is 12.8. The summed E-state index contributed by atoms with van der Waals surface area (Å²) in [7, 11) is 1.98. The van der Waals surface area contributed by atoms with Crippen LogP contribution in [-0.2, 0) is 6.54 Å². The number of ether oxygens (including phenoxy) is 2. The third-order valence-electron chi connectivity index (χ3n) is 6.40. The van der Waals surface area contributed by atoms with Gasteiger partial charge in [-0.3, -0.25) is 9.48 Å². The number of carbonyl (C=O) groups is 1. The number of alkyl halides is 3. The van der Waals surface area contributed by atoms with Crippen LogP contribution in [0.1, 0.15) is 29.1 Å². The van der Waals surface area contributed by atoms with Gasteiger partial charge < -0.3 is 19.7 Å². The second-order valence-electron chi connectivity index (χ2n) is 9.59. The Balaban J connectivity index is 1.38. The monoisotopic (exact) mass is 583 g/mol. The molecule has 1 N–H and O–H groups in total. The van der Waals surface area contributed by atoms with Crippen LogP contribution in [0.25, 0.3) is 16.9 Å². The molecule has 5 heterocycles. The van der Waals surface area contributed by atoms with Crippen LogP contribution in [0.4, 0.5) is 18.9 Å². The largest absolute Gasteiger partial charge is 0.461 e. The molecule has 17 heteroatoms. The highest BCUT2D eigenvalue weighted by Crippen LogP contribution is 2.38. The summed E-state index contributed by atoms with van der Waals surface area (Å²) in [6.07, 6.45) is 4.31. The van der Waals surface area contributed by atoms with Gasteiger partial charge in [0.15, 0.2) is 11.5 Å². The molecule has 1 aliphatic heterocycles. The lowest BCUT2D eigenvalue weighted by molar-refractivity contribution is -0.0495. The van der Waals surface area contributed by atoms with E-state index in [-0.39, 0.29) is 46.6 Å². The topological polar surface area (TPSA) is 142 Å². The number of carbonyl (C=O) groups excluding carboxylic acids is 1. The SMILES string of the molecule is CC(F)Oc1ccc(OC(F)F)c(-c2nn(Cc3nnn(C4CN(C)C4)n3)cc2NC(=O)c2cnn3cccnc23)c1. The number of fused-ring (bicyclic) bond motifs is 1. The van der Waals surface area contributed by atoms with E-state index >= 15 is 0 Å². The number of hydrogen-bond donors (Lipinski definition) is 1. The molecule has 1 aromatic carbocycles. The van der Waals surface area contributed by atoms with Crippen molar-refractivity contribution in [3.8, 4) is 22.8 Å². The summed E-state index contributed by atoms with van der Waals surface area (Å²) in [4.78, 5) is 21.2. The van der Waals surface area contributed by atoms with E-state index in [9.17, 15) is 18.0 Å². The number of nitrogens with zero attached hydrogens (tertiary/aromatic N) is 10. The fraction of sp³-hybridized carbons (Fsp3) is 0.320. The zero-order valence-corrected chi connectivity index (χ0v) is 22.3. The van der Waals surface area contributed by atoms with Gasteiger partial charge in [-0.2, -0.15) is 23.8 Å². The number of benzene rings is 1. The highest BCUT2D eigenvalue weighted by Gasteiger charge is 2.28. The van der Waals surface area contributed by atoms with Crippen molar-refractivity contribution in [2.75, 3.05) is 25.5 Å². The molecule has 0 bridgehead atoms. The van der Waals surface area contributed by atoms with Crippen molar-refractivity contribution in [1.82, 2.24) is 49.5 Å². The average Bonchev–Trinajstić information content (AvgIpc) is 3.66. The van der Waals surface area contributed by atoms with Gasteiger partial charge in [-0.15, -0.1) is 10.2 Å². The Bertz CT molecular complexity index is 1730. The predicted octanol–water partition coefficient (Wildman–Crippen LogP) is 2.66. The van der Waals surface area contributed by atoms with E-state index in [0.717, 1.165) is 13.1 Å². The van der Waals surface area contributed by atoms with Crippen LogP contribution >= 0.6 is 0 Å². The normalized spacial score (nSPS) is 14.7. The highest BCUT2D eigenvalue weighted by molar-refractivity contribution is 6.09. The Morgan fingerprint density at radius 1 is 1.19 bits per heavy atom. The van der Waals surface area contributed by atoms with Gasteiger partial charge in [0.05, 0.1) is 23.5 Å². The van der Waals surface area contributed by atoms with E-state index < -0.39 is 18.9 Å². The fourth-order valence-corrected chi connectivity index (χ4v) is 4.55. The minimum atomic E-state index is -3.16. The van der Waals surface area contributed by atoms with Gasteiger partial charge in [0.1, 0.15) is 29.3 Å². The molecule has 14 nitrogen and oxygen atoms in total. The van der Waals surface area contributed by atoms with Crippen LogP contribution in [0.15, 0.2) is 49.1 Å². The second kappa shape index (κ2) is 11.1. The van der Waals surface area contributed by atoms with Gasteiger partial charge in [-0.1, -0.05) is 0 Å². The maximum atomic E-state index is 13.6. The third-order valence-corrected chi connectivity index (χ3v) is 6.40. The second-order valence-corrected chi connectivity index (χ2v) is 9.59. The molecular formula is C25H24F3N11O3. The Morgan fingerprint density at radius 3 is 2.79 bits per heavy atom. The highest BCUT2D eigenvalue weighted by atomic mass is 19.3. The number of nitrogens with one attached hydrogen (secondary N) is 1. The van der Waals surface area contributed by atoms with Crippen LogP contribution in [-0.4, -0.2) is 88.5 Å². The molecule has 218 valence electrons. The molecule has 1 unspecified atom stereocenters. The number of amides is 1. The molecule has 0 spiro atoms. The molecule has 1 atom stereocenters. The smallest absolute Gasteiger partial charge is 0.387 e. The van der Waals surface area contributed by atoms with E-state index in [1.165, 1.54) is 57.7 Å². The van der Waals surface area contributed by atoms with E-state index in [2.05, 4.69) is 40.8 Å². The molecule has 5 aromatic rings. The van der Waals surface area contributed by atoms with Gasteiger partial charge in [0.2, 0.25) is 6.36 Å². The molecule has 4 aromatic heterocycles. The van der Waals surface area contributed by atoms with Gasteiger partial charge in [-0.25, -0.2) is 13.9 Å². The minimum Gasteiger partial charge on any atom is -0.461 e. The lowest BCUT2D eigenvalue weighted by Crippen LogP contribution is -2.45. The molecule has 0 saturated carbocycles. The van der Waals surface area contributed by atoms with Crippen molar-refractivity contribution in [2.24, 2.45) is 0 Å². The van der Waals surface area contributed by atoms with Crippen molar-refractivity contribution in [3.05, 3.63) is 60.4 Å². The maximum absolute atomic E-state index is 13.6. The van der Waals surface area contributed by atoms with Crippen LogP contribution in [0.2, 0.25) is 0 Å². The number of tetrazole rings is 1. The molecule has 1 aliphatic rings. The summed E-state index contributed by atoms with van der Waals surface area (Å²) >= 11 is 0. The van der Waals surface area contributed by atoms with Crippen molar-refractivity contribution in [2.45, 2.75) is 32.5 Å². The molecule has 6 rings (SSSR count). The van der Waals surface area contributed by atoms with Gasteiger partial charge >= 0.3 is 6.61 Å². The molecular weight excluding hydrogens is 559 g/mol. The maximum Gasteiger partial charge on any atom is 0.387 e. The summed E-state index contributed by atoms with van der Waals surface area (Å²) in [6.45, 7) is -0.356. The molecule has 42 heavy (non-hydrogen) atoms. The van der Waals surface area contributed by atoms with Crippen molar-refractivity contribution in [3.63, 3.8) is 0 Å². The molecule has 1 amide bonds. The van der Waals surface area contributed by atoms with Crippen molar-refractivity contribution < 1.29 is 27.4 Å². The summed E-state index contributed by atoms with van der Waals surface area (Å²) in [5, 5.41) is 24.1. The standard InChI is InChI=1S/C25H24F3N11O3/c1-14(26)41-16-4-5-20(42-25(27)28)17(8-16)22-19(31-24(40)18-9-30-38-7-3-6-29-23(18)38)12-37(34-22)13-21-32-35-39(33-21)15-10-36(2)11-15/h3-9,12,14-15,25H,10-11,13H2,1-2H3,(H,31,40). The summed E-state index contributed by atoms with van der Waals surface area (Å²) in [6, 6.07) is 5.57. The fourth-order valence-electron chi connectivity index (χ4n) is 4.55. The number of anilines is 1. The average molecular weight is 584 g/mol. The van der Waals surface area contributed by atoms with Crippen molar-refractivity contribution >= 4 is 17.2 Å². The summed E-state index contributed by atoms with van der Waals surface area (Å²) in [5.74, 6) is -0.463. The first-order chi connectivity index (χ1) is 20.2. The first kappa shape index (κ1) is 27.1. The summed E-state index contributed by atoms with van der Waals surface area (Å²) in [5.41, 5.74) is 0.674. The zero-order valence-electron chi connectivity index (χ0n) is 22.3. The number of likely N-dealkylation sites (tertiary alicyclic amines) is 1. The van der Waals surface area contributed by atoms with Gasteiger partial charge in [-0.05, 0) is 36.5 Å². The van der Waals surface area contributed by atoms with E-state index in [4.69, 9.17) is 9.47 Å². The molecule has 0 radical (unpaired) electrons. The van der Waals surface area contributed by atoms with Crippen LogP contribution in [0.5, 0.6) is 11.5 Å². The Labute approximate surface area is 235 Å². The first-order valence-electron chi connectivity index (χ1n) is 12.8. The van der Waals surface area contributed by atoms with Crippen LogP contribution in [0.3, 0.4) is 0 Å². The van der Waals surface area contributed by atoms with E-state index in [1.54, 1.807) is 12.3 Å². The Morgan fingerprint density at radius 2 is 2.02 bits per heavy atom. The molecule has 1 fully saturated rings. The number of rotatable bonds is 10. The van der Waals surface area contributed by atoms with E-state index in [1.807, 2.05) is 7.05 Å². The molecule has 0 aliphatic carbocycles. The van der Waals surface area contributed by atoms with Crippen LogP contribution < -0.4 is 14.8 Å². The zero-order chi connectivity index (χ0) is 29.4. The molecule has 1 saturated heterocycles. The number of hydrogen-bond acceptors (Lipinski definition) is 10. The minimum absolute atomic E-state index is 0.0228. The Hall–Kier alpha value is -5.06. The number of aromatic nitrogens is 9. The van der Waals surface area contributed by atoms with Gasteiger partial charge in [0, 0.05) is 38.6 Å². The Kier molecular flexibility index (Phi) is 7.15. The van der Waals surface area contributed by atoms with Gasteiger partial charge in [0.25, 0.3) is 5.91 Å². The lowest BCUT2D eigenvalue weighted by Gasteiger charge is -2.34. The quantitative estimate of drug-likeness (QED) is 0.261. The summed E-state index contributed by atoms with van der Waals surface area (Å²) < 4.78 is 53.0. The predicted molar refractivity (Wildman–Crippen MR) is 140 cm³/mol. The number of likely N-dealkylation sites (N-methyl/N-ethyl adjacent to an activating group) is 1. The third kappa shape index (κ3) is 5.58. The van der Waals surface area contributed by atoms with Crippen LogP contribution in [0, 0.1) is 0 Å². The van der Waals surface area contributed by atoms with Crippen molar-refractivity contribution in [1.29, 1.82) is 0 Å².